The molecule has 5 aromatic heterocycles. The summed E-state index contributed by atoms with van der Waals surface area (Å²) in [6.45, 7) is 6.84. The lowest BCUT2D eigenvalue weighted by Gasteiger charge is -2.32. The summed E-state index contributed by atoms with van der Waals surface area (Å²) in [7, 11) is 3.67. The molecule has 0 aliphatic carbocycles. The number of pyridine rings is 2. The minimum absolute atomic E-state index is 0.000839. The smallest absolute Gasteiger partial charge is 0.306 e. The Kier molecular flexibility index (Phi) is 14.7. The third-order valence-corrected chi connectivity index (χ3v) is 14.2. The Bertz CT molecular complexity index is 3230. The first-order valence-corrected chi connectivity index (χ1v) is 24.6. The zero-order valence-electron chi connectivity index (χ0n) is 41.6. The summed E-state index contributed by atoms with van der Waals surface area (Å²) >= 11 is 0. The first kappa shape index (κ1) is 50.4. The molecule has 22 nitrogen and oxygen atoms in total. The summed E-state index contributed by atoms with van der Waals surface area (Å²) in [4.78, 5) is 82.0. The number of benzene rings is 2. The zero-order chi connectivity index (χ0) is 52.2. The van der Waals surface area contributed by atoms with Gasteiger partial charge >= 0.3 is 5.97 Å². The molecule has 74 heavy (non-hydrogen) atoms. The second kappa shape index (κ2) is 21.7. The summed E-state index contributed by atoms with van der Waals surface area (Å²) in [5, 5.41) is 35.2. The molecule has 2 aromatic carbocycles. The Morgan fingerprint density at radius 1 is 0.649 bits per heavy atom. The van der Waals surface area contributed by atoms with Crippen molar-refractivity contribution in [3.8, 4) is 11.5 Å². The molecule has 4 saturated heterocycles. The highest BCUT2D eigenvalue weighted by molar-refractivity contribution is 6.01. The Morgan fingerprint density at radius 3 is 1.64 bits per heavy atom. The third kappa shape index (κ3) is 10.6. The number of oxime groups is 1. The number of carbonyl (C=O) groups excluding carboxylic acids is 4. The van der Waals surface area contributed by atoms with Crippen LogP contribution in [0.25, 0.3) is 33.6 Å². The Balaban J connectivity index is 0.000000151. The van der Waals surface area contributed by atoms with Crippen molar-refractivity contribution in [2.24, 2.45) is 42.7 Å². The standard InChI is InChI=1S/C26H27N7O3.C17H20N2O4.C9H11N5O/c1-16-20-8-9-21(27-24(20)31(2)29-16)23-28-25(36-30-23)17-10-12-32(13-11-17)26(35)18-14-22(34)33(15-18)19-6-4-3-5-7-19;20-15-10-13(11-19(15)14-4-2-1-3-5-14)16(21)18-8-6-12(7-9-18)17(22)23;1-5-6-3-4-7(8(10)13-15)11-9(6)14(2)12-5/h3-9,17-18H,10-15H2,1-2H3;1-5,12-13H,6-11H2,(H,22,23);3-4,15H,1-2H3,(H2,10,13). The first-order chi connectivity index (χ1) is 35.7. The van der Waals surface area contributed by atoms with Crippen molar-refractivity contribution in [1.29, 1.82) is 0 Å². The second-order valence-corrected chi connectivity index (χ2v) is 19.0. The number of carboxylic acids is 1. The summed E-state index contributed by atoms with van der Waals surface area (Å²) in [5.74, 6) is -0.675. The molecule has 4 amide bonds. The summed E-state index contributed by atoms with van der Waals surface area (Å²) in [6.07, 6.45) is 2.95. The maximum Gasteiger partial charge on any atom is 0.306 e. The van der Waals surface area contributed by atoms with Gasteiger partial charge in [-0.2, -0.15) is 15.2 Å². The van der Waals surface area contributed by atoms with Gasteiger partial charge in [0, 0.05) is 94.3 Å². The number of anilines is 2. The number of piperidine rings is 2. The van der Waals surface area contributed by atoms with Crippen LogP contribution in [0.1, 0.15) is 67.4 Å². The Labute approximate surface area is 425 Å². The fourth-order valence-corrected chi connectivity index (χ4v) is 10.1. The maximum absolute atomic E-state index is 13.2. The molecule has 7 aromatic rings. The van der Waals surface area contributed by atoms with Gasteiger partial charge < -0.3 is 40.2 Å². The topological polar surface area (TPSA) is 277 Å². The normalized spacial score (nSPS) is 18.7. The second-order valence-electron chi connectivity index (χ2n) is 19.0. The van der Waals surface area contributed by atoms with Crippen LogP contribution in [0.15, 0.2) is 94.6 Å². The van der Waals surface area contributed by atoms with Gasteiger partial charge in [-0.05, 0) is 88.1 Å². The number of hydrogen-bond donors (Lipinski definition) is 3. The lowest BCUT2D eigenvalue weighted by molar-refractivity contribution is -0.146. The molecule has 4 fully saturated rings. The van der Waals surface area contributed by atoms with Gasteiger partial charge in [0.2, 0.25) is 35.3 Å². The molecule has 2 unspecified atom stereocenters. The van der Waals surface area contributed by atoms with Crippen molar-refractivity contribution in [3.05, 3.63) is 108 Å². The van der Waals surface area contributed by atoms with Gasteiger partial charge in [0.25, 0.3) is 0 Å². The predicted molar refractivity (Wildman–Crippen MR) is 272 cm³/mol. The SMILES string of the molecule is Cc1nn(C)c2nc(-c3noc(C4CCN(C(=O)C5CC(=O)N(c6ccccc6)C5)CC4)n3)ccc12.Cc1nn(C)c2nc(/C(N)=N/O)ccc12.O=C(O)C1CCN(C(=O)C2CC(=O)N(c3ccccc3)C2)CC1. The number of amidine groups is 1. The number of hydrogen-bond acceptors (Lipinski definition) is 14. The van der Waals surface area contributed by atoms with Crippen LogP contribution in [0, 0.1) is 31.6 Å². The number of nitrogens with two attached hydrogens (primary N) is 1. The van der Waals surface area contributed by atoms with Crippen LogP contribution in [-0.2, 0) is 38.1 Å². The van der Waals surface area contributed by atoms with Crippen molar-refractivity contribution < 1.29 is 38.8 Å². The molecule has 0 saturated carbocycles. The number of nitrogens with zero attached hydrogens (tertiary/aromatic N) is 13. The molecular weight excluding hydrogens is 949 g/mol. The minimum Gasteiger partial charge on any atom is -0.481 e. The summed E-state index contributed by atoms with van der Waals surface area (Å²) in [6, 6.07) is 26.3. The zero-order valence-corrected chi connectivity index (χ0v) is 41.6. The largest absolute Gasteiger partial charge is 0.481 e. The highest BCUT2D eigenvalue weighted by Crippen LogP contribution is 2.33. The van der Waals surface area contributed by atoms with Gasteiger partial charge in [0.15, 0.2) is 17.1 Å². The van der Waals surface area contributed by atoms with Crippen molar-refractivity contribution in [1.82, 2.24) is 49.5 Å². The molecule has 4 aliphatic heterocycles. The maximum atomic E-state index is 13.2. The number of aryl methyl sites for hydroxylation is 4. The van der Waals surface area contributed by atoms with E-state index in [1.54, 1.807) is 37.2 Å². The van der Waals surface area contributed by atoms with Crippen LogP contribution in [-0.4, -0.2) is 134 Å². The van der Waals surface area contributed by atoms with Crippen molar-refractivity contribution in [2.45, 2.75) is 58.3 Å². The van der Waals surface area contributed by atoms with Gasteiger partial charge in [0.05, 0.1) is 29.1 Å². The quantitative estimate of drug-likeness (QED) is 0.0797. The number of carbonyl (C=O) groups is 5. The van der Waals surface area contributed by atoms with E-state index >= 15 is 0 Å². The summed E-state index contributed by atoms with van der Waals surface area (Å²) in [5.41, 5.74) is 11.5. The lowest BCUT2D eigenvalue weighted by atomic mass is 9.95. The fourth-order valence-electron chi connectivity index (χ4n) is 10.1. The van der Waals surface area contributed by atoms with E-state index in [9.17, 15) is 24.0 Å². The van der Waals surface area contributed by atoms with Crippen LogP contribution in [0.2, 0.25) is 0 Å². The van der Waals surface area contributed by atoms with Crippen LogP contribution in [0.3, 0.4) is 0 Å². The van der Waals surface area contributed by atoms with E-state index in [-0.39, 0.29) is 66.0 Å². The van der Waals surface area contributed by atoms with Gasteiger partial charge in [-0.1, -0.05) is 46.7 Å². The first-order valence-electron chi connectivity index (χ1n) is 24.6. The van der Waals surface area contributed by atoms with Gasteiger partial charge in [-0.15, -0.1) is 0 Å². The van der Waals surface area contributed by atoms with Crippen molar-refractivity contribution in [2.75, 3.05) is 49.1 Å². The number of rotatable bonds is 8. The average Bonchev–Trinajstić information content (AvgIpc) is 4.28. The lowest BCUT2D eigenvalue weighted by Crippen LogP contribution is -2.43. The minimum atomic E-state index is -0.789. The number of para-hydroxylation sites is 2. The molecule has 384 valence electrons. The number of amides is 4. The Morgan fingerprint density at radius 2 is 1.14 bits per heavy atom. The highest BCUT2D eigenvalue weighted by atomic mass is 16.5. The third-order valence-electron chi connectivity index (χ3n) is 14.2. The molecule has 2 atom stereocenters. The fraction of sp³-hybridized carbons (Fsp3) is 0.385. The van der Waals surface area contributed by atoms with Crippen molar-refractivity contribution >= 4 is 68.9 Å². The molecule has 22 heteroatoms. The number of aliphatic carboxylic acids is 1. The van der Waals surface area contributed by atoms with E-state index in [1.807, 2.05) is 105 Å². The number of aromatic nitrogens is 8. The van der Waals surface area contributed by atoms with Crippen molar-refractivity contribution in [3.63, 3.8) is 0 Å². The van der Waals surface area contributed by atoms with E-state index in [1.165, 1.54) is 0 Å². The average molecular weight is 1010 g/mol. The monoisotopic (exact) mass is 1010 g/mol. The molecule has 0 bridgehead atoms. The van der Waals surface area contributed by atoms with Gasteiger partial charge in [0.1, 0.15) is 11.4 Å². The summed E-state index contributed by atoms with van der Waals surface area (Å²) < 4.78 is 9.01. The molecule has 4 N–H and O–H groups in total. The van der Waals surface area contributed by atoms with Crippen LogP contribution in [0.5, 0.6) is 0 Å². The molecular formula is C52H58N14O8. The molecule has 4 aliphatic rings. The number of fused-ring (bicyclic) bond motifs is 2. The molecule has 9 heterocycles. The van der Waals surface area contributed by atoms with Crippen LogP contribution < -0.4 is 15.5 Å². The molecule has 11 rings (SSSR count). The molecule has 0 spiro atoms. The van der Waals surface area contributed by atoms with Gasteiger partial charge in [-0.3, -0.25) is 33.3 Å². The van der Waals surface area contributed by atoms with E-state index in [0.717, 1.165) is 57.7 Å². The van der Waals surface area contributed by atoms with E-state index in [0.29, 0.717) is 75.2 Å². The van der Waals surface area contributed by atoms with Crippen LogP contribution >= 0.6 is 0 Å². The predicted octanol–water partition coefficient (Wildman–Crippen LogP) is 4.82. The van der Waals surface area contributed by atoms with E-state index in [2.05, 4.69) is 35.5 Å². The Hall–Kier alpha value is -8.56. The number of likely N-dealkylation sites (tertiary alicyclic amines) is 2. The highest BCUT2D eigenvalue weighted by Gasteiger charge is 2.40. The van der Waals surface area contributed by atoms with Gasteiger partial charge in [-0.25, -0.2) is 9.97 Å². The van der Waals surface area contributed by atoms with E-state index < -0.39 is 5.97 Å². The van der Waals surface area contributed by atoms with Crippen LogP contribution in [0.4, 0.5) is 11.4 Å². The number of carboxylic acid groups (broad SMARTS) is 1. The van der Waals surface area contributed by atoms with E-state index in [4.69, 9.17) is 20.6 Å². The molecule has 0 radical (unpaired) electrons.